The number of nitro groups is 1. The maximum Gasteiger partial charge on any atom is 0.353 e. The summed E-state index contributed by atoms with van der Waals surface area (Å²) in [4.78, 5) is 26.0. The highest BCUT2D eigenvalue weighted by atomic mass is 35.5. The molecule has 2 aromatic rings. The van der Waals surface area contributed by atoms with Crippen LogP contribution in [-0.2, 0) is 4.74 Å². The molecule has 2 aliphatic rings. The van der Waals surface area contributed by atoms with Gasteiger partial charge in [-0.2, -0.15) is 0 Å². The number of anilines is 3. The zero-order valence-electron chi connectivity index (χ0n) is 15.3. The van der Waals surface area contributed by atoms with Gasteiger partial charge in [0.1, 0.15) is 6.33 Å². The van der Waals surface area contributed by atoms with Crippen molar-refractivity contribution < 1.29 is 9.66 Å². The quantitative estimate of drug-likeness (QED) is 0.566. The molecular formula is C18H21ClN6O3. The Morgan fingerprint density at radius 2 is 1.50 bits per heavy atom. The summed E-state index contributed by atoms with van der Waals surface area (Å²) < 4.78 is 5.35. The Balaban J connectivity index is 1.56. The number of ether oxygens (including phenoxy) is 1. The molecular weight excluding hydrogens is 384 g/mol. The second kappa shape index (κ2) is 8.15. The molecule has 0 spiro atoms. The number of morpholine rings is 1. The molecule has 148 valence electrons. The minimum atomic E-state index is -0.374. The highest BCUT2D eigenvalue weighted by Crippen LogP contribution is 2.35. The second-order valence-electron chi connectivity index (χ2n) is 6.65. The van der Waals surface area contributed by atoms with Gasteiger partial charge in [-0.1, -0.05) is 23.7 Å². The molecule has 9 nitrogen and oxygen atoms in total. The average Bonchev–Trinajstić information content (AvgIpc) is 2.74. The molecule has 28 heavy (non-hydrogen) atoms. The van der Waals surface area contributed by atoms with E-state index in [0.717, 1.165) is 5.69 Å². The summed E-state index contributed by atoms with van der Waals surface area (Å²) in [5, 5.41) is 12.6. The van der Waals surface area contributed by atoms with Gasteiger partial charge in [0.05, 0.1) is 28.8 Å². The van der Waals surface area contributed by atoms with E-state index < -0.39 is 0 Å². The van der Waals surface area contributed by atoms with Crippen molar-refractivity contribution in [1.29, 1.82) is 0 Å². The van der Waals surface area contributed by atoms with Crippen LogP contribution in [0.1, 0.15) is 0 Å². The molecule has 1 aromatic heterocycles. The first-order chi connectivity index (χ1) is 13.6. The van der Waals surface area contributed by atoms with Crippen LogP contribution < -0.4 is 14.7 Å². The van der Waals surface area contributed by atoms with Gasteiger partial charge in [0, 0.05) is 39.3 Å². The van der Waals surface area contributed by atoms with Gasteiger partial charge in [0.2, 0.25) is 11.6 Å². The maximum absolute atomic E-state index is 11.9. The van der Waals surface area contributed by atoms with E-state index in [2.05, 4.69) is 14.9 Å². The number of hydrogen-bond acceptors (Lipinski definition) is 8. The van der Waals surface area contributed by atoms with E-state index in [-0.39, 0.29) is 10.6 Å². The van der Waals surface area contributed by atoms with E-state index in [0.29, 0.717) is 69.1 Å². The molecule has 0 unspecified atom stereocenters. The fourth-order valence-electron chi connectivity index (χ4n) is 3.63. The van der Waals surface area contributed by atoms with Gasteiger partial charge in [-0.05, 0) is 12.1 Å². The van der Waals surface area contributed by atoms with Gasteiger partial charge in [0.25, 0.3) is 0 Å². The van der Waals surface area contributed by atoms with Crippen LogP contribution in [0.15, 0.2) is 30.6 Å². The van der Waals surface area contributed by atoms with E-state index in [1.54, 1.807) is 0 Å². The summed E-state index contributed by atoms with van der Waals surface area (Å²) in [7, 11) is 0. The summed E-state index contributed by atoms with van der Waals surface area (Å²) in [5.41, 5.74) is 0.950. The molecule has 2 aliphatic heterocycles. The van der Waals surface area contributed by atoms with E-state index in [4.69, 9.17) is 16.3 Å². The molecule has 2 saturated heterocycles. The average molecular weight is 405 g/mol. The molecule has 0 amide bonds. The minimum absolute atomic E-state index is 0.0319. The molecule has 0 N–H and O–H groups in total. The first-order valence-corrected chi connectivity index (χ1v) is 9.59. The summed E-state index contributed by atoms with van der Waals surface area (Å²) >= 11 is 6.30. The third-order valence-corrected chi connectivity index (χ3v) is 5.37. The molecule has 3 heterocycles. The van der Waals surface area contributed by atoms with Crippen LogP contribution in [0.5, 0.6) is 0 Å². The summed E-state index contributed by atoms with van der Waals surface area (Å²) in [6.45, 7) is 4.88. The van der Waals surface area contributed by atoms with E-state index >= 15 is 0 Å². The molecule has 1 aromatic carbocycles. The van der Waals surface area contributed by atoms with Crippen LogP contribution in [0.3, 0.4) is 0 Å². The number of hydrogen-bond donors (Lipinski definition) is 0. The van der Waals surface area contributed by atoms with Gasteiger partial charge < -0.3 is 19.4 Å². The Kier molecular flexibility index (Phi) is 5.45. The lowest BCUT2D eigenvalue weighted by Gasteiger charge is -2.37. The van der Waals surface area contributed by atoms with Crippen molar-refractivity contribution in [3.8, 4) is 0 Å². The summed E-state index contributed by atoms with van der Waals surface area (Å²) in [5.74, 6) is 0.743. The lowest BCUT2D eigenvalue weighted by molar-refractivity contribution is -0.383. The monoisotopic (exact) mass is 404 g/mol. The number of aromatic nitrogens is 2. The Bertz CT molecular complexity index is 853. The van der Waals surface area contributed by atoms with Crippen molar-refractivity contribution in [2.24, 2.45) is 0 Å². The van der Waals surface area contributed by atoms with Crippen molar-refractivity contribution in [3.63, 3.8) is 0 Å². The topological polar surface area (TPSA) is 87.9 Å². The van der Waals surface area contributed by atoms with Crippen molar-refractivity contribution in [1.82, 2.24) is 9.97 Å². The SMILES string of the molecule is O=[N+]([O-])c1c(N2CCOCC2)ncnc1N1CCN(c2ccccc2Cl)CC1. The predicted octanol–water partition coefficient (Wildman–Crippen LogP) is 2.20. The minimum Gasteiger partial charge on any atom is -0.378 e. The Labute approximate surface area is 167 Å². The zero-order chi connectivity index (χ0) is 19.5. The molecule has 0 atom stereocenters. The normalized spacial score (nSPS) is 17.7. The smallest absolute Gasteiger partial charge is 0.353 e. The van der Waals surface area contributed by atoms with Crippen molar-refractivity contribution in [2.75, 3.05) is 67.2 Å². The van der Waals surface area contributed by atoms with Crippen molar-refractivity contribution in [3.05, 3.63) is 45.7 Å². The third kappa shape index (κ3) is 3.67. The number of halogens is 1. The summed E-state index contributed by atoms with van der Waals surface area (Å²) in [6.07, 6.45) is 1.41. The fourth-order valence-corrected chi connectivity index (χ4v) is 3.88. The lowest BCUT2D eigenvalue weighted by atomic mass is 10.2. The van der Waals surface area contributed by atoms with Gasteiger partial charge in [0.15, 0.2) is 0 Å². The van der Waals surface area contributed by atoms with Crippen LogP contribution in [0.25, 0.3) is 0 Å². The predicted molar refractivity (Wildman–Crippen MR) is 108 cm³/mol. The molecule has 0 aliphatic carbocycles. The molecule has 2 fully saturated rings. The summed E-state index contributed by atoms with van der Waals surface area (Å²) in [6, 6.07) is 7.71. The van der Waals surface area contributed by atoms with Crippen LogP contribution >= 0.6 is 11.6 Å². The Hall–Kier alpha value is -2.65. The Morgan fingerprint density at radius 1 is 0.929 bits per heavy atom. The number of rotatable bonds is 4. The first-order valence-electron chi connectivity index (χ1n) is 9.21. The van der Waals surface area contributed by atoms with Crippen molar-refractivity contribution in [2.45, 2.75) is 0 Å². The molecule has 0 radical (unpaired) electrons. The number of benzene rings is 1. The fraction of sp³-hybridized carbons (Fsp3) is 0.444. The molecule has 0 bridgehead atoms. The van der Waals surface area contributed by atoms with Crippen LogP contribution in [0.2, 0.25) is 5.02 Å². The zero-order valence-corrected chi connectivity index (χ0v) is 16.1. The van der Waals surface area contributed by atoms with Gasteiger partial charge in [-0.3, -0.25) is 10.1 Å². The highest BCUT2D eigenvalue weighted by molar-refractivity contribution is 6.33. The number of para-hydroxylation sites is 1. The molecule has 0 saturated carbocycles. The standard InChI is InChI=1S/C18H21ClN6O3/c19-14-3-1-2-4-15(14)22-5-7-23(8-6-22)17-16(25(26)27)18(21-13-20-17)24-9-11-28-12-10-24/h1-4,13H,5-12H2. The van der Waals surface area contributed by atoms with Gasteiger partial charge in [-0.25, -0.2) is 9.97 Å². The van der Waals surface area contributed by atoms with E-state index in [9.17, 15) is 10.1 Å². The number of piperazine rings is 1. The number of nitrogens with zero attached hydrogens (tertiary/aromatic N) is 6. The van der Waals surface area contributed by atoms with E-state index in [1.165, 1.54) is 6.33 Å². The lowest BCUT2D eigenvalue weighted by Crippen LogP contribution is -2.47. The molecule has 10 heteroatoms. The van der Waals surface area contributed by atoms with Crippen LogP contribution in [0, 0.1) is 10.1 Å². The first kappa shape index (κ1) is 18.7. The van der Waals surface area contributed by atoms with Gasteiger partial charge in [-0.15, -0.1) is 0 Å². The maximum atomic E-state index is 11.9. The van der Waals surface area contributed by atoms with Gasteiger partial charge >= 0.3 is 5.69 Å². The third-order valence-electron chi connectivity index (χ3n) is 5.05. The second-order valence-corrected chi connectivity index (χ2v) is 7.06. The molecule has 4 rings (SSSR count). The largest absolute Gasteiger partial charge is 0.378 e. The Morgan fingerprint density at radius 3 is 2.11 bits per heavy atom. The van der Waals surface area contributed by atoms with Crippen molar-refractivity contribution >= 4 is 34.6 Å². The van der Waals surface area contributed by atoms with E-state index in [1.807, 2.05) is 34.1 Å². The highest BCUT2D eigenvalue weighted by Gasteiger charge is 2.32. The van der Waals surface area contributed by atoms with Crippen LogP contribution in [0.4, 0.5) is 23.0 Å². The van der Waals surface area contributed by atoms with Crippen LogP contribution in [-0.4, -0.2) is 67.4 Å².